The van der Waals surface area contributed by atoms with E-state index in [1.54, 1.807) is 0 Å². The summed E-state index contributed by atoms with van der Waals surface area (Å²) in [4.78, 5) is 17.5. The minimum atomic E-state index is -0.387. The SMILES string of the molecule is O=C(NC1(c2ccc3c(n2)CCC[C@@H]3OCC2CC2)CC1)c1ccc(F)cc1. The van der Waals surface area contributed by atoms with Gasteiger partial charge in [-0.3, -0.25) is 9.78 Å². The highest BCUT2D eigenvalue weighted by molar-refractivity contribution is 5.95. The van der Waals surface area contributed by atoms with E-state index in [0.29, 0.717) is 5.56 Å². The van der Waals surface area contributed by atoms with Gasteiger partial charge in [-0.2, -0.15) is 0 Å². The molecule has 3 aliphatic carbocycles. The highest BCUT2D eigenvalue weighted by Gasteiger charge is 2.47. The molecule has 1 atom stereocenters. The summed E-state index contributed by atoms with van der Waals surface area (Å²) in [5.41, 5.74) is 3.36. The van der Waals surface area contributed by atoms with Crippen LogP contribution in [0.25, 0.3) is 0 Å². The Morgan fingerprint density at radius 2 is 1.93 bits per heavy atom. The average Bonchev–Trinajstić information content (AvgIpc) is 3.63. The number of hydrogen-bond acceptors (Lipinski definition) is 3. The summed E-state index contributed by atoms with van der Waals surface area (Å²) in [6, 6.07) is 9.86. The van der Waals surface area contributed by atoms with Crippen molar-refractivity contribution in [2.45, 2.75) is 56.6 Å². The highest BCUT2D eigenvalue weighted by atomic mass is 19.1. The van der Waals surface area contributed by atoms with Gasteiger partial charge in [-0.1, -0.05) is 6.07 Å². The maximum absolute atomic E-state index is 13.1. The number of aryl methyl sites for hydroxylation is 1. The minimum Gasteiger partial charge on any atom is -0.373 e. The van der Waals surface area contributed by atoms with Crippen LogP contribution in [0.4, 0.5) is 4.39 Å². The van der Waals surface area contributed by atoms with Crippen molar-refractivity contribution >= 4 is 5.91 Å². The number of benzene rings is 1. The van der Waals surface area contributed by atoms with Gasteiger partial charge in [0, 0.05) is 16.8 Å². The van der Waals surface area contributed by atoms with Crippen LogP contribution in [0, 0.1) is 11.7 Å². The number of aromatic nitrogens is 1. The van der Waals surface area contributed by atoms with Crippen molar-refractivity contribution < 1.29 is 13.9 Å². The predicted molar refractivity (Wildman–Crippen MR) is 103 cm³/mol. The van der Waals surface area contributed by atoms with E-state index < -0.39 is 0 Å². The monoisotopic (exact) mass is 380 g/mol. The second-order valence-electron chi connectivity index (χ2n) is 8.43. The Balaban J connectivity index is 1.33. The van der Waals surface area contributed by atoms with Crippen LogP contribution in [0.15, 0.2) is 36.4 Å². The van der Waals surface area contributed by atoms with E-state index in [1.165, 1.54) is 42.7 Å². The van der Waals surface area contributed by atoms with E-state index >= 15 is 0 Å². The molecular formula is C23H25FN2O2. The van der Waals surface area contributed by atoms with Crippen LogP contribution in [0.3, 0.4) is 0 Å². The summed E-state index contributed by atoms with van der Waals surface area (Å²) in [6.45, 7) is 0.865. The van der Waals surface area contributed by atoms with Gasteiger partial charge < -0.3 is 10.1 Å². The number of ether oxygens (including phenoxy) is 1. The maximum atomic E-state index is 13.1. The number of hydrogen-bond donors (Lipinski definition) is 1. The zero-order valence-electron chi connectivity index (χ0n) is 15.9. The van der Waals surface area contributed by atoms with Crippen molar-refractivity contribution in [2.24, 2.45) is 5.92 Å². The molecular weight excluding hydrogens is 355 g/mol. The molecule has 1 amide bonds. The van der Waals surface area contributed by atoms with Gasteiger partial charge in [-0.15, -0.1) is 0 Å². The Labute approximate surface area is 164 Å². The lowest BCUT2D eigenvalue weighted by Gasteiger charge is -2.27. The number of carbonyl (C=O) groups is 1. The summed E-state index contributed by atoms with van der Waals surface area (Å²) in [7, 11) is 0. The molecule has 5 heteroatoms. The highest BCUT2D eigenvalue weighted by Crippen LogP contribution is 2.46. The molecule has 3 aliphatic rings. The normalized spacial score (nSPS) is 22.4. The lowest BCUT2D eigenvalue weighted by molar-refractivity contribution is 0.0332. The van der Waals surface area contributed by atoms with Crippen LogP contribution < -0.4 is 5.32 Å². The third kappa shape index (κ3) is 3.55. The number of halogens is 1. The van der Waals surface area contributed by atoms with E-state index in [2.05, 4.69) is 17.4 Å². The summed E-state index contributed by atoms with van der Waals surface area (Å²) in [5, 5.41) is 3.13. The second kappa shape index (κ2) is 6.96. The third-order valence-electron chi connectivity index (χ3n) is 6.17. The molecule has 146 valence electrons. The van der Waals surface area contributed by atoms with Gasteiger partial charge in [-0.25, -0.2) is 4.39 Å². The third-order valence-corrected chi connectivity index (χ3v) is 6.17. The Morgan fingerprint density at radius 1 is 1.14 bits per heavy atom. The number of nitrogens with zero attached hydrogens (tertiary/aromatic N) is 1. The average molecular weight is 380 g/mol. The zero-order valence-corrected chi connectivity index (χ0v) is 15.9. The first-order valence-corrected chi connectivity index (χ1v) is 10.3. The standard InChI is InChI=1S/C23H25FN2O2/c24-17-8-6-16(7-9-17)22(27)26-23(12-13-23)21-11-10-18-19(25-21)2-1-3-20(18)28-14-15-4-5-15/h6-11,15,20H,1-5,12-14H2,(H,26,27)/t20-/m0/s1. The Hall–Kier alpha value is -2.27. The summed E-state index contributed by atoms with van der Waals surface area (Å²) in [5.74, 6) is 0.240. The molecule has 0 bridgehead atoms. The van der Waals surface area contributed by atoms with E-state index in [0.717, 1.165) is 56.0 Å². The lowest BCUT2D eigenvalue weighted by atomic mass is 9.92. The van der Waals surface area contributed by atoms with Gasteiger partial charge in [0.05, 0.1) is 23.9 Å². The smallest absolute Gasteiger partial charge is 0.252 e. The molecule has 1 aromatic heterocycles. The molecule has 2 saturated carbocycles. The fourth-order valence-corrected chi connectivity index (χ4v) is 4.05. The van der Waals surface area contributed by atoms with Crippen LogP contribution >= 0.6 is 0 Å². The molecule has 0 radical (unpaired) electrons. The zero-order chi connectivity index (χ0) is 19.1. The van der Waals surface area contributed by atoms with Crippen molar-refractivity contribution in [3.8, 4) is 0 Å². The molecule has 2 aromatic rings. The molecule has 0 spiro atoms. The van der Waals surface area contributed by atoms with Gasteiger partial charge in [0.2, 0.25) is 0 Å². The number of carbonyl (C=O) groups excluding carboxylic acids is 1. The summed E-state index contributed by atoms with van der Waals surface area (Å²) < 4.78 is 19.3. The van der Waals surface area contributed by atoms with Crippen LogP contribution in [0.2, 0.25) is 0 Å². The molecule has 5 rings (SSSR count). The van der Waals surface area contributed by atoms with Gasteiger partial charge in [0.25, 0.3) is 5.91 Å². The predicted octanol–water partition coefficient (Wildman–Crippen LogP) is 4.44. The number of pyridine rings is 1. The molecule has 2 fully saturated rings. The first-order valence-electron chi connectivity index (χ1n) is 10.3. The van der Waals surface area contributed by atoms with Crippen molar-refractivity contribution in [1.29, 1.82) is 0 Å². The number of amides is 1. The second-order valence-corrected chi connectivity index (χ2v) is 8.43. The van der Waals surface area contributed by atoms with E-state index in [4.69, 9.17) is 9.72 Å². The first-order chi connectivity index (χ1) is 13.6. The Bertz CT molecular complexity index is 888. The van der Waals surface area contributed by atoms with E-state index in [1.807, 2.05) is 0 Å². The van der Waals surface area contributed by atoms with Gasteiger partial charge in [-0.05, 0) is 81.2 Å². The van der Waals surface area contributed by atoms with Crippen LogP contribution in [0.1, 0.15) is 71.9 Å². The maximum Gasteiger partial charge on any atom is 0.252 e. The van der Waals surface area contributed by atoms with Crippen LogP contribution in [-0.4, -0.2) is 17.5 Å². The minimum absolute atomic E-state index is 0.162. The number of fused-ring (bicyclic) bond motifs is 1. The van der Waals surface area contributed by atoms with E-state index in [-0.39, 0.29) is 23.4 Å². The molecule has 0 saturated heterocycles. The van der Waals surface area contributed by atoms with Crippen molar-refractivity contribution in [3.05, 3.63) is 64.7 Å². The fourth-order valence-electron chi connectivity index (χ4n) is 4.05. The topological polar surface area (TPSA) is 51.2 Å². The lowest BCUT2D eigenvalue weighted by Crippen LogP contribution is -2.36. The van der Waals surface area contributed by atoms with Crippen LogP contribution in [0.5, 0.6) is 0 Å². The molecule has 1 N–H and O–H groups in total. The molecule has 0 unspecified atom stereocenters. The number of rotatable bonds is 6. The fraction of sp³-hybridized carbons (Fsp3) is 0.478. The van der Waals surface area contributed by atoms with Crippen molar-refractivity contribution in [2.75, 3.05) is 6.61 Å². The van der Waals surface area contributed by atoms with Gasteiger partial charge >= 0.3 is 0 Å². The summed E-state index contributed by atoms with van der Waals surface area (Å²) >= 11 is 0. The Kier molecular flexibility index (Phi) is 4.43. The molecule has 28 heavy (non-hydrogen) atoms. The van der Waals surface area contributed by atoms with Gasteiger partial charge in [0.15, 0.2) is 0 Å². The summed E-state index contributed by atoms with van der Waals surface area (Å²) in [6.07, 6.45) is 7.64. The Morgan fingerprint density at radius 3 is 2.64 bits per heavy atom. The van der Waals surface area contributed by atoms with Crippen molar-refractivity contribution in [3.63, 3.8) is 0 Å². The molecule has 1 aromatic carbocycles. The quantitative estimate of drug-likeness (QED) is 0.806. The van der Waals surface area contributed by atoms with Gasteiger partial charge in [0.1, 0.15) is 5.82 Å². The first kappa shape index (κ1) is 17.8. The molecule has 4 nitrogen and oxygen atoms in total. The van der Waals surface area contributed by atoms with Crippen molar-refractivity contribution in [1.82, 2.24) is 10.3 Å². The van der Waals surface area contributed by atoms with E-state index in [9.17, 15) is 9.18 Å². The van der Waals surface area contributed by atoms with Crippen LogP contribution in [-0.2, 0) is 16.7 Å². The number of nitrogens with one attached hydrogen (secondary N) is 1. The molecule has 0 aliphatic heterocycles. The largest absolute Gasteiger partial charge is 0.373 e. The molecule has 1 heterocycles.